The summed E-state index contributed by atoms with van der Waals surface area (Å²) in [6.07, 6.45) is 0. The number of carbonyl (C=O) groups excluding carboxylic acids is 2. The molecule has 0 radical (unpaired) electrons. The molecule has 0 aliphatic heterocycles. The normalized spacial score (nSPS) is 12.5. The van der Waals surface area contributed by atoms with Crippen molar-refractivity contribution in [3.63, 3.8) is 0 Å². The fourth-order valence-electron chi connectivity index (χ4n) is 1.66. The fourth-order valence-corrected chi connectivity index (χ4v) is 3.31. The standard InChI is InChI=1S/C15H24N3O8PS/c1-6-23-27(21,24-7-2)26-13(20)12(10-9-28-14(16)17-10)18-22-8-11(19)25-15(3,4)5/h9H,6-8H2,1-5H3,(H2,16,17)/b18-12+. The zero-order chi connectivity index (χ0) is 21.4. The van der Waals surface area contributed by atoms with Crippen LogP contribution in [-0.4, -0.2) is 48.1 Å². The average molecular weight is 437 g/mol. The number of hydrogen-bond acceptors (Lipinski definition) is 12. The van der Waals surface area contributed by atoms with E-state index in [2.05, 4.69) is 10.1 Å². The van der Waals surface area contributed by atoms with Crippen molar-refractivity contribution in [1.82, 2.24) is 4.98 Å². The number of anilines is 1. The number of nitrogen functional groups attached to an aromatic ring is 1. The maximum Gasteiger partial charge on any atom is 0.532 e. The Bertz CT molecular complexity index is 749. The molecule has 0 amide bonds. The van der Waals surface area contributed by atoms with Gasteiger partial charge in [0.2, 0.25) is 12.3 Å². The number of thiazole rings is 1. The Labute approximate surface area is 166 Å². The van der Waals surface area contributed by atoms with E-state index in [-0.39, 0.29) is 24.0 Å². The lowest BCUT2D eigenvalue weighted by atomic mass is 10.2. The van der Waals surface area contributed by atoms with Crippen molar-refractivity contribution < 1.29 is 37.3 Å². The number of carbonyl (C=O) groups is 2. The van der Waals surface area contributed by atoms with Crippen molar-refractivity contribution in [2.24, 2.45) is 5.16 Å². The summed E-state index contributed by atoms with van der Waals surface area (Å²) in [6, 6.07) is 0. The van der Waals surface area contributed by atoms with Crippen LogP contribution in [0.1, 0.15) is 40.3 Å². The summed E-state index contributed by atoms with van der Waals surface area (Å²) in [7, 11) is -4.16. The highest BCUT2D eigenvalue weighted by atomic mass is 32.1. The van der Waals surface area contributed by atoms with E-state index in [4.69, 9.17) is 28.9 Å². The molecule has 1 aromatic rings. The molecule has 28 heavy (non-hydrogen) atoms. The third-order valence-electron chi connectivity index (χ3n) is 2.49. The molecule has 0 saturated carbocycles. The smallest absolute Gasteiger partial charge is 0.457 e. The molecule has 0 aliphatic carbocycles. The molecule has 1 heterocycles. The Kier molecular flexibility index (Phi) is 9.02. The summed E-state index contributed by atoms with van der Waals surface area (Å²) in [5, 5.41) is 5.15. The van der Waals surface area contributed by atoms with E-state index < -0.39 is 37.7 Å². The SMILES string of the molecule is CCOP(=O)(OCC)OC(=O)/C(=N/OCC(=O)OC(C)(C)C)c1csc(N)n1. The minimum atomic E-state index is -4.16. The highest BCUT2D eigenvalue weighted by Crippen LogP contribution is 2.49. The number of rotatable bonds is 10. The zero-order valence-electron chi connectivity index (χ0n) is 16.3. The molecule has 0 unspecified atom stereocenters. The van der Waals surface area contributed by atoms with E-state index in [1.165, 1.54) is 5.38 Å². The summed E-state index contributed by atoms with van der Waals surface area (Å²) in [5.74, 6) is -1.88. The minimum absolute atomic E-state index is 0.0104. The second kappa shape index (κ2) is 10.5. The van der Waals surface area contributed by atoms with Gasteiger partial charge in [-0.25, -0.2) is 19.1 Å². The van der Waals surface area contributed by atoms with Crippen LogP contribution in [0.4, 0.5) is 5.13 Å². The largest absolute Gasteiger partial charge is 0.532 e. The zero-order valence-corrected chi connectivity index (χ0v) is 18.0. The van der Waals surface area contributed by atoms with Crippen LogP contribution in [0.2, 0.25) is 0 Å². The van der Waals surface area contributed by atoms with Gasteiger partial charge in [0.25, 0.3) is 0 Å². The number of ether oxygens (including phenoxy) is 1. The van der Waals surface area contributed by atoms with Gasteiger partial charge < -0.3 is 19.8 Å². The molecule has 13 heteroatoms. The third-order valence-corrected chi connectivity index (χ3v) is 4.70. The highest BCUT2D eigenvalue weighted by molar-refractivity contribution is 7.49. The first-order valence-electron chi connectivity index (χ1n) is 8.26. The van der Waals surface area contributed by atoms with Crippen LogP contribution in [0.25, 0.3) is 0 Å². The fraction of sp³-hybridized carbons (Fsp3) is 0.600. The number of nitrogens with two attached hydrogens (primary N) is 1. The molecule has 0 atom stereocenters. The lowest BCUT2D eigenvalue weighted by molar-refractivity contribution is -0.160. The van der Waals surface area contributed by atoms with Gasteiger partial charge in [0.1, 0.15) is 11.3 Å². The molecule has 158 valence electrons. The Morgan fingerprint density at radius 1 is 1.25 bits per heavy atom. The topological polar surface area (TPSA) is 149 Å². The van der Waals surface area contributed by atoms with Crippen molar-refractivity contribution in [3.8, 4) is 0 Å². The molecule has 1 aromatic heterocycles. The third kappa shape index (κ3) is 8.34. The van der Waals surface area contributed by atoms with Crippen LogP contribution < -0.4 is 5.73 Å². The number of esters is 1. The van der Waals surface area contributed by atoms with Gasteiger partial charge in [-0.15, -0.1) is 11.3 Å². The first-order valence-corrected chi connectivity index (χ1v) is 10.6. The van der Waals surface area contributed by atoms with Crippen molar-refractivity contribution in [1.29, 1.82) is 0 Å². The summed E-state index contributed by atoms with van der Waals surface area (Å²) in [6.45, 7) is 7.57. The second-order valence-corrected chi connectivity index (χ2v) is 8.52. The van der Waals surface area contributed by atoms with E-state index in [1.54, 1.807) is 34.6 Å². The number of phosphoric acid groups is 1. The molecule has 11 nitrogen and oxygen atoms in total. The Morgan fingerprint density at radius 3 is 2.32 bits per heavy atom. The van der Waals surface area contributed by atoms with E-state index in [9.17, 15) is 14.2 Å². The lowest BCUT2D eigenvalue weighted by Gasteiger charge is -2.18. The number of aromatic nitrogens is 1. The molecule has 0 fully saturated rings. The monoisotopic (exact) mass is 437 g/mol. The Hall–Kier alpha value is -2.01. The predicted molar refractivity (Wildman–Crippen MR) is 102 cm³/mol. The van der Waals surface area contributed by atoms with Crippen LogP contribution in [0, 0.1) is 0 Å². The van der Waals surface area contributed by atoms with Gasteiger partial charge in [-0.1, -0.05) is 5.16 Å². The quantitative estimate of drug-likeness (QED) is 0.250. The second-order valence-electron chi connectivity index (χ2n) is 6.03. The van der Waals surface area contributed by atoms with Crippen molar-refractivity contribution in [2.75, 3.05) is 25.6 Å². The molecular formula is C15H24N3O8PS. The molecule has 0 aromatic carbocycles. The van der Waals surface area contributed by atoms with Gasteiger partial charge in [0.15, 0.2) is 5.13 Å². The average Bonchev–Trinajstić information content (AvgIpc) is 2.96. The summed E-state index contributed by atoms with van der Waals surface area (Å²) >= 11 is 1.04. The molecule has 0 aliphatic rings. The summed E-state index contributed by atoms with van der Waals surface area (Å²) in [4.78, 5) is 33.0. The van der Waals surface area contributed by atoms with Crippen LogP contribution in [0.3, 0.4) is 0 Å². The van der Waals surface area contributed by atoms with Crippen LogP contribution >= 0.6 is 19.2 Å². The summed E-state index contributed by atoms with van der Waals surface area (Å²) < 4.78 is 32.1. The molecule has 1 rings (SSSR count). The molecule has 0 spiro atoms. The maximum atomic E-state index is 12.5. The number of hydrogen-bond donors (Lipinski definition) is 1. The van der Waals surface area contributed by atoms with E-state index >= 15 is 0 Å². The van der Waals surface area contributed by atoms with E-state index in [0.717, 1.165) is 11.3 Å². The van der Waals surface area contributed by atoms with Gasteiger partial charge in [-0.3, -0.25) is 9.05 Å². The van der Waals surface area contributed by atoms with Gasteiger partial charge in [0.05, 0.1) is 13.2 Å². The molecule has 2 N–H and O–H groups in total. The molecule has 0 saturated heterocycles. The minimum Gasteiger partial charge on any atom is -0.457 e. The number of phosphoric ester groups is 1. The lowest BCUT2D eigenvalue weighted by Crippen LogP contribution is -2.26. The number of nitrogens with zero attached hydrogens (tertiary/aromatic N) is 2. The Morgan fingerprint density at radius 2 is 1.86 bits per heavy atom. The predicted octanol–water partition coefficient (Wildman–Crippen LogP) is 2.51. The highest BCUT2D eigenvalue weighted by Gasteiger charge is 2.34. The first kappa shape index (κ1) is 24.0. The van der Waals surface area contributed by atoms with Gasteiger partial charge in [-0.05, 0) is 34.6 Å². The summed E-state index contributed by atoms with van der Waals surface area (Å²) in [5.41, 5.74) is 4.40. The van der Waals surface area contributed by atoms with Gasteiger partial charge in [-0.2, -0.15) is 0 Å². The van der Waals surface area contributed by atoms with Crippen molar-refractivity contribution in [3.05, 3.63) is 11.1 Å². The first-order chi connectivity index (χ1) is 13.0. The van der Waals surface area contributed by atoms with Crippen LogP contribution in [-0.2, 0) is 37.3 Å². The Balaban J connectivity index is 2.98. The molecular weight excluding hydrogens is 413 g/mol. The van der Waals surface area contributed by atoms with E-state index in [0.29, 0.717) is 0 Å². The van der Waals surface area contributed by atoms with Crippen LogP contribution in [0.15, 0.2) is 10.5 Å². The maximum absolute atomic E-state index is 12.5. The molecule has 0 bridgehead atoms. The van der Waals surface area contributed by atoms with Crippen LogP contribution in [0.5, 0.6) is 0 Å². The van der Waals surface area contributed by atoms with Crippen molar-refractivity contribution in [2.45, 2.75) is 40.2 Å². The van der Waals surface area contributed by atoms with Gasteiger partial charge >= 0.3 is 19.8 Å². The van der Waals surface area contributed by atoms with Crippen molar-refractivity contribution >= 4 is 41.9 Å². The van der Waals surface area contributed by atoms with E-state index in [1.807, 2.05) is 0 Å². The number of oxime groups is 1. The van der Waals surface area contributed by atoms with Gasteiger partial charge in [0, 0.05) is 5.38 Å².